The van der Waals surface area contributed by atoms with Crippen LogP contribution in [-0.2, 0) is 19.2 Å². The van der Waals surface area contributed by atoms with Crippen molar-refractivity contribution in [1.29, 1.82) is 0 Å². The normalized spacial score (nSPS) is 13.0. The molecule has 0 aromatic heterocycles. The molecule has 0 aromatic carbocycles. The molecule has 0 saturated carbocycles. The topological polar surface area (TPSA) is 170 Å². The van der Waals surface area contributed by atoms with Gasteiger partial charge in [-0.15, -0.1) is 0 Å². The number of hydrogen-bond donors (Lipinski definition) is 5. The van der Waals surface area contributed by atoms with Crippen LogP contribution in [0.5, 0.6) is 0 Å². The smallest absolute Gasteiger partial charge is 0.289 e. The van der Waals surface area contributed by atoms with Crippen LogP contribution >= 0.6 is 0 Å². The first-order valence-corrected chi connectivity index (χ1v) is 7.69. The number of Topliss-reactive ketones (excluding diaryl/α,β-unsaturated/α-hetero) is 1. The van der Waals surface area contributed by atoms with E-state index in [0.717, 1.165) is 0 Å². The van der Waals surface area contributed by atoms with Crippen LogP contribution in [0.3, 0.4) is 0 Å². The molecule has 0 heterocycles. The Labute approximate surface area is 135 Å². The van der Waals surface area contributed by atoms with Crippen LogP contribution in [0.1, 0.15) is 39.0 Å². The highest BCUT2D eigenvalue weighted by Crippen LogP contribution is 2.00. The summed E-state index contributed by atoms with van der Waals surface area (Å²) < 4.78 is 0. The fraction of sp³-hybridized carbons (Fsp3) is 0.714. The van der Waals surface area contributed by atoms with E-state index in [4.69, 9.17) is 17.2 Å². The van der Waals surface area contributed by atoms with Gasteiger partial charge in [-0.25, -0.2) is 0 Å². The summed E-state index contributed by atoms with van der Waals surface area (Å²) in [6, 6.07) is -1.71. The summed E-state index contributed by atoms with van der Waals surface area (Å²) >= 11 is 0. The van der Waals surface area contributed by atoms with Crippen LogP contribution in [0.4, 0.5) is 0 Å². The number of nitrogens with two attached hydrogens (primary N) is 3. The molecule has 0 spiro atoms. The molecule has 8 N–H and O–H groups in total. The van der Waals surface area contributed by atoms with Crippen molar-refractivity contribution < 1.29 is 19.2 Å². The van der Waals surface area contributed by atoms with Crippen molar-refractivity contribution in [2.24, 2.45) is 17.2 Å². The first kappa shape index (κ1) is 21.0. The third-order valence-electron chi connectivity index (χ3n) is 3.20. The van der Waals surface area contributed by atoms with Gasteiger partial charge < -0.3 is 27.8 Å². The van der Waals surface area contributed by atoms with E-state index in [2.05, 4.69) is 10.6 Å². The summed E-state index contributed by atoms with van der Waals surface area (Å²) in [5.74, 6) is -2.96. The number of rotatable bonds is 12. The number of nitrogens with one attached hydrogen (secondary N) is 2. The average Bonchev–Trinajstić information content (AvgIpc) is 2.51. The van der Waals surface area contributed by atoms with Gasteiger partial charge in [-0.1, -0.05) is 13.3 Å². The monoisotopic (exact) mass is 329 g/mol. The Morgan fingerprint density at radius 1 is 1.09 bits per heavy atom. The van der Waals surface area contributed by atoms with Gasteiger partial charge in [0.25, 0.3) is 5.91 Å². The zero-order valence-corrected chi connectivity index (χ0v) is 13.5. The van der Waals surface area contributed by atoms with Gasteiger partial charge in [0.15, 0.2) is 0 Å². The zero-order valence-electron chi connectivity index (χ0n) is 13.5. The molecule has 0 fully saturated rings. The summed E-state index contributed by atoms with van der Waals surface area (Å²) in [6.07, 6.45) is 2.78. The van der Waals surface area contributed by atoms with Crippen LogP contribution in [0.15, 0.2) is 0 Å². The number of unbranched alkanes of at least 4 members (excludes halogenated alkanes) is 1. The third kappa shape index (κ3) is 8.89. The SMILES string of the molecule is CCCC(N)C(=O)C(=O)NCC(=O)NC(CCCCN)C(N)=O. The number of primary amides is 1. The number of hydrogen-bond acceptors (Lipinski definition) is 6. The quantitative estimate of drug-likeness (QED) is 0.203. The third-order valence-corrected chi connectivity index (χ3v) is 3.20. The molecule has 0 aromatic rings. The molecule has 9 heteroatoms. The van der Waals surface area contributed by atoms with E-state index >= 15 is 0 Å². The lowest BCUT2D eigenvalue weighted by Gasteiger charge is -2.15. The Bertz CT molecular complexity index is 427. The maximum Gasteiger partial charge on any atom is 0.289 e. The summed E-state index contributed by atoms with van der Waals surface area (Å²) in [4.78, 5) is 46.1. The van der Waals surface area contributed by atoms with E-state index in [0.29, 0.717) is 38.6 Å². The summed E-state index contributed by atoms with van der Waals surface area (Å²) in [6.45, 7) is 1.90. The molecular weight excluding hydrogens is 302 g/mol. The predicted octanol–water partition coefficient (Wildman–Crippen LogP) is -2.10. The van der Waals surface area contributed by atoms with Crippen molar-refractivity contribution in [3.63, 3.8) is 0 Å². The molecule has 0 rings (SSSR count). The minimum Gasteiger partial charge on any atom is -0.368 e. The molecule has 23 heavy (non-hydrogen) atoms. The highest BCUT2D eigenvalue weighted by atomic mass is 16.2. The molecule has 9 nitrogen and oxygen atoms in total. The second-order valence-electron chi connectivity index (χ2n) is 5.25. The zero-order chi connectivity index (χ0) is 17.8. The van der Waals surface area contributed by atoms with Crippen molar-refractivity contribution in [3.05, 3.63) is 0 Å². The highest BCUT2D eigenvalue weighted by molar-refractivity contribution is 6.38. The van der Waals surface area contributed by atoms with Crippen molar-refractivity contribution in [2.75, 3.05) is 13.1 Å². The largest absolute Gasteiger partial charge is 0.368 e. The van der Waals surface area contributed by atoms with Gasteiger partial charge in [-0.3, -0.25) is 19.2 Å². The average molecular weight is 329 g/mol. The van der Waals surface area contributed by atoms with Gasteiger partial charge in [0.2, 0.25) is 17.6 Å². The van der Waals surface area contributed by atoms with Crippen molar-refractivity contribution in [3.8, 4) is 0 Å². The van der Waals surface area contributed by atoms with Gasteiger partial charge in [-0.05, 0) is 32.2 Å². The van der Waals surface area contributed by atoms with Crippen LogP contribution in [0.2, 0.25) is 0 Å². The molecule has 2 atom stereocenters. The predicted molar refractivity (Wildman–Crippen MR) is 84.9 cm³/mol. The molecule has 0 aliphatic carbocycles. The van der Waals surface area contributed by atoms with Crippen LogP contribution in [0.25, 0.3) is 0 Å². The van der Waals surface area contributed by atoms with Crippen molar-refractivity contribution in [2.45, 2.75) is 51.1 Å². The van der Waals surface area contributed by atoms with Gasteiger partial charge in [0.1, 0.15) is 6.04 Å². The number of carbonyl (C=O) groups is 4. The maximum absolute atomic E-state index is 11.7. The molecule has 3 amide bonds. The number of carbonyl (C=O) groups excluding carboxylic acids is 4. The fourth-order valence-corrected chi connectivity index (χ4v) is 1.88. The van der Waals surface area contributed by atoms with Gasteiger partial charge in [0, 0.05) is 0 Å². The highest BCUT2D eigenvalue weighted by Gasteiger charge is 2.22. The van der Waals surface area contributed by atoms with E-state index in [1.54, 1.807) is 0 Å². The van der Waals surface area contributed by atoms with Crippen LogP contribution in [-0.4, -0.2) is 48.7 Å². The second-order valence-corrected chi connectivity index (χ2v) is 5.25. The van der Waals surface area contributed by atoms with Crippen molar-refractivity contribution in [1.82, 2.24) is 10.6 Å². The second kappa shape index (κ2) is 11.6. The molecule has 2 unspecified atom stereocenters. The van der Waals surface area contributed by atoms with E-state index in [-0.39, 0.29) is 0 Å². The molecule has 132 valence electrons. The Morgan fingerprint density at radius 2 is 1.74 bits per heavy atom. The summed E-state index contributed by atoms with van der Waals surface area (Å²) in [7, 11) is 0. The van der Waals surface area contributed by atoms with E-state index in [1.807, 2.05) is 6.92 Å². The molecule has 0 saturated heterocycles. The van der Waals surface area contributed by atoms with Crippen LogP contribution in [0, 0.1) is 0 Å². The summed E-state index contributed by atoms with van der Waals surface area (Å²) in [5.41, 5.74) is 16.1. The first-order chi connectivity index (χ1) is 10.8. The first-order valence-electron chi connectivity index (χ1n) is 7.69. The minimum absolute atomic E-state index is 0.368. The maximum atomic E-state index is 11.7. The summed E-state index contributed by atoms with van der Waals surface area (Å²) in [5, 5.41) is 4.59. The van der Waals surface area contributed by atoms with Gasteiger partial charge in [-0.2, -0.15) is 0 Å². The Balaban J connectivity index is 4.28. The lowest BCUT2D eigenvalue weighted by Crippen LogP contribution is -2.50. The molecular formula is C14H27N5O4. The van der Waals surface area contributed by atoms with Gasteiger partial charge >= 0.3 is 0 Å². The Morgan fingerprint density at radius 3 is 2.26 bits per heavy atom. The van der Waals surface area contributed by atoms with E-state index in [9.17, 15) is 19.2 Å². The lowest BCUT2D eigenvalue weighted by atomic mass is 10.1. The molecule has 0 bridgehead atoms. The Hall–Kier alpha value is -2.00. The fourth-order valence-electron chi connectivity index (χ4n) is 1.88. The number of ketones is 1. The Kier molecular flexibility index (Phi) is 10.5. The molecule has 0 radical (unpaired) electrons. The minimum atomic E-state index is -0.917. The molecule has 0 aliphatic rings. The lowest BCUT2D eigenvalue weighted by molar-refractivity contribution is -0.139. The number of amides is 3. The van der Waals surface area contributed by atoms with Crippen molar-refractivity contribution >= 4 is 23.5 Å². The van der Waals surface area contributed by atoms with E-state index in [1.165, 1.54) is 0 Å². The van der Waals surface area contributed by atoms with E-state index < -0.39 is 42.1 Å². The van der Waals surface area contributed by atoms with Crippen LogP contribution < -0.4 is 27.8 Å². The molecule has 0 aliphatic heterocycles. The standard InChI is InChI=1S/C14H27N5O4/c1-2-5-9(16)12(21)14(23)18-8-11(20)19-10(13(17)22)6-3-4-7-15/h9-10H,2-8,15-16H2,1H3,(H2,17,22)(H,18,23)(H,19,20). The van der Waals surface area contributed by atoms with Gasteiger partial charge in [0.05, 0.1) is 12.6 Å².